The molecule has 104 valence electrons. The minimum atomic E-state index is 0.553. The van der Waals surface area contributed by atoms with Crippen LogP contribution in [0, 0.1) is 13.8 Å². The van der Waals surface area contributed by atoms with Crippen molar-refractivity contribution in [1.29, 1.82) is 0 Å². The Hall–Kier alpha value is -1.81. The molecule has 0 amide bonds. The van der Waals surface area contributed by atoms with Crippen molar-refractivity contribution in [3.05, 3.63) is 47.1 Å². The van der Waals surface area contributed by atoms with Crippen molar-refractivity contribution in [3.8, 4) is 0 Å². The summed E-state index contributed by atoms with van der Waals surface area (Å²) >= 11 is 5.88. The highest BCUT2D eigenvalue weighted by atomic mass is 35.5. The Morgan fingerprint density at radius 3 is 2.80 bits per heavy atom. The van der Waals surface area contributed by atoms with Crippen LogP contribution >= 0.6 is 11.6 Å². The minimum absolute atomic E-state index is 0.553. The van der Waals surface area contributed by atoms with Crippen LogP contribution in [0.25, 0.3) is 11.0 Å². The van der Waals surface area contributed by atoms with E-state index in [0.29, 0.717) is 12.4 Å². The van der Waals surface area contributed by atoms with Gasteiger partial charge in [-0.1, -0.05) is 11.2 Å². The van der Waals surface area contributed by atoms with Gasteiger partial charge in [0.25, 0.3) is 0 Å². The summed E-state index contributed by atoms with van der Waals surface area (Å²) in [7, 11) is 0. The lowest BCUT2D eigenvalue weighted by Gasteiger charge is -2.05. The van der Waals surface area contributed by atoms with Crippen molar-refractivity contribution in [2.75, 3.05) is 5.88 Å². The van der Waals surface area contributed by atoms with Gasteiger partial charge in [0.1, 0.15) is 5.82 Å². The van der Waals surface area contributed by atoms with Crippen LogP contribution < -0.4 is 0 Å². The molecule has 3 rings (SSSR count). The van der Waals surface area contributed by atoms with Gasteiger partial charge in [-0.3, -0.25) is 0 Å². The zero-order valence-corrected chi connectivity index (χ0v) is 12.3. The molecule has 0 fully saturated rings. The Balaban J connectivity index is 2.08. The highest BCUT2D eigenvalue weighted by Gasteiger charge is 2.12. The summed E-state index contributed by atoms with van der Waals surface area (Å²) in [6, 6.07) is 8.23. The molecule has 0 spiro atoms. The number of hydrogen-bond acceptors (Lipinski definition) is 3. The zero-order valence-electron chi connectivity index (χ0n) is 11.6. The molecule has 0 N–H and O–H groups in total. The first kappa shape index (κ1) is 13.2. The Bertz CT molecular complexity index is 745. The normalized spacial score (nSPS) is 11.3. The Kier molecular flexibility index (Phi) is 3.49. The summed E-state index contributed by atoms with van der Waals surface area (Å²) in [5, 5.41) is 3.93. The highest BCUT2D eigenvalue weighted by molar-refractivity contribution is 6.17. The molecule has 4 nitrogen and oxygen atoms in total. The number of imidazole rings is 1. The molecule has 2 aromatic heterocycles. The molecule has 0 atom stereocenters. The second kappa shape index (κ2) is 5.29. The van der Waals surface area contributed by atoms with E-state index in [-0.39, 0.29) is 0 Å². The average Bonchev–Trinajstić information content (AvgIpc) is 2.95. The topological polar surface area (TPSA) is 43.9 Å². The maximum Gasteiger partial charge on any atom is 0.156 e. The fourth-order valence-electron chi connectivity index (χ4n) is 2.39. The molecular weight excluding hydrogens is 274 g/mol. The van der Waals surface area contributed by atoms with E-state index in [9.17, 15) is 0 Å². The third-order valence-corrected chi connectivity index (χ3v) is 3.48. The first-order valence-electron chi connectivity index (χ1n) is 6.61. The van der Waals surface area contributed by atoms with Gasteiger partial charge in [0, 0.05) is 18.4 Å². The van der Waals surface area contributed by atoms with Crippen LogP contribution in [0.4, 0.5) is 0 Å². The van der Waals surface area contributed by atoms with Gasteiger partial charge < -0.3 is 9.09 Å². The van der Waals surface area contributed by atoms with Gasteiger partial charge in [-0.15, -0.1) is 11.6 Å². The van der Waals surface area contributed by atoms with Gasteiger partial charge in [0.05, 0.1) is 23.3 Å². The van der Waals surface area contributed by atoms with Gasteiger partial charge in [-0.25, -0.2) is 4.98 Å². The summed E-state index contributed by atoms with van der Waals surface area (Å²) in [5.41, 5.74) is 4.19. The number of benzene rings is 1. The van der Waals surface area contributed by atoms with E-state index in [1.54, 1.807) is 0 Å². The fourth-order valence-corrected chi connectivity index (χ4v) is 2.56. The Labute approximate surface area is 122 Å². The molecule has 20 heavy (non-hydrogen) atoms. The van der Waals surface area contributed by atoms with E-state index < -0.39 is 0 Å². The molecule has 0 bridgehead atoms. The molecule has 0 radical (unpaired) electrons. The number of halogens is 1. The van der Waals surface area contributed by atoms with Crippen molar-refractivity contribution in [3.63, 3.8) is 0 Å². The molecular formula is C15H16ClN3O. The highest BCUT2D eigenvalue weighted by Crippen LogP contribution is 2.20. The molecule has 0 aliphatic carbocycles. The zero-order chi connectivity index (χ0) is 14.1. The Morgan fingerprint density at radius 2 is 2.10 bits per heavy atom. The van der Waals surface area contributed by atoms with Crippen molar-refractivity contribution in [2.24, 2.45) is 0 Å². The smallest absolute Gasteiger partial charge is 0.156 e. The number of hydrogen-bond donors (Lipinski definition) is 0. The summed E-state index contributed by atoms with van der Waals surface area (Å²) in [6.45, 7) is 4.62. The van der Waals surface area contributed by atoms with Gasteiger partial charge in [0.15, 0.2) is 5.76 Å². The molecule has 0 saturated carbocycles. The minimum Gasteiger partial charge on any atom is -0.359 e. The first-order valence-corrected chi connectivity index (χ1v) is 7.15. The summed E-state index contributed by atoms with van der Waals surface area (Å²) in [6.07, 6.45) is 0.738. The van der Waals surface area contributed by atoms with Crippen molar-refractivity contribution >= 4 is 22.6 Å². The average molecular weight is 290 g/mol. The van der Waals surface area contributed by atoms with Crippen molar-refractivity contribution in [1.82, 2.24) is 14.7 Å². The van der Waals surface area contributed by atoms with E-state index in [4.69, 9.17) is 16.1 Å². The third kappa shape index (κ3) is 2.43. The third-order valence-electron chi connectivity index (χ3n) is 3.29. The fraction of sp³-hybridized carbons (Fsp3) is 0.333. The van der Waals surface area contributed by atoms with E-state index >= 15 is 0 Å². The predicted molar refractivity (Wildman–Crippen MR) is 79.2 cm³/mol. The van der Waals surface area contributed by atoms with E-state index in [2.05, 4.69) is 39.8 Å². The molecule has 1 aromatic carbocycles. The number of fused-ring (bicyclic) bond motifs is 1. The molecule has 0 aliphatic rings. The predicted octanol–water partition coefficient (Wildman–Crippen LogP) is 3.47. The quantitative estimate of drug-likeness (QED) is 0.691. The van der Waals surface area contributed by atoms with Gasteiger partial charge in [0.2, 0.25) is 0 Å². The molecule has 3 aromatic rings. The summed E-state index contributed by atoms with van der Waals surface area (Å²) in [4.78, 5) is 4.68. The number of alkyl halides is 1. The number of aromatic nitrogens is 3. The number of aryl methyl sites for hydroxylation is 3. The second-order valence-electron chi connectivity index (χ2n) is 4.98. The van der Waals surface area contributed by atoms with Crippen molar-refractivity contribution < 1.29 is 4.52 Å². The Morgan fingerprint density at radius 1 is 1.25 bits per heavy atom. The summed E-state index contributed by atoms with van der Waals surface area (Å²) in [5.74, 6) is 2.37. The van der Waals surface area contributed by atoms with Crippen LogP contribution in [0.15, 0.2) is 28.8 Å². The molecule has 0 unspecified atom stereocenters. The molecule has 0 aliphatic heterocycles. The SMILES string of the molecule is Cc1ccc2c(c1)nc(CCCl)n2Cc1cc(C)no1. The molecule has 5 heteroatoms. The van der Waals surface area contributed by atoms with Crippen LogP contribution in [-0.2, 0) is 13.0 Å². The number of rotatable bonds is 4. The van der Waals surface area contributed by atoms with Crippen LogP contribution in [-0.4, -0.2) is 20.6 Å². The largest absolute Gasteiger partial charge is 0.359 e. The standard InChI is InChI=1S/C15H16ClN3O/c1-10-3-4-14-13(7-10)17-15(5-6-16)19(14)9-12-8-11(2)18-20-12/h3-4,7-8H,5-6,9H2,1-2H3. The van der Waals surface area contributed by atoms with Crippen LogP contribution in [0.3, 0.4) is 0 Å². The van der Waals surface area contributed by atoms with Gasteiger partial charge >= 0.3 is 0 Å². The lowest BCUT2D eigenvalue weighted by atomic mass is 10.2. The van der Waals surface area contributed by atoms with Gasteiger partial charge in [-0.05, 0) is 31.5 Å². The number of nitrogens with zero attached hydrogens (tertiary/aromatic N) is 3. The lowest BCUT2D eigenvalue weighted by molar-refractivity contribution is 0.373. The van der Waals surface area contributed by atoms with Crippen molar-refractivity contribution in [2.45, 2.75) is 26.8 Å². The maximum absolute atomic E-state index is 5.88. The van der Waals surface area contributed by atoms with E-state index in [0.717, 1.165) is 34.7 Å². The van der Waals surface area contributed by atoms with Crippen LogP contribution in [0.2, 0.25) is 0 Å². The molecule has 0 saturated heterocycles. The van der Waals surface area contributed by atoms with E-state index in [1.165, 1.54) is 5.56 Å². The monoisotopic (exact) mass is 289 g/mol. The maximum atomic E-state index is 5.88. The van der Waals surface area contributed by atoms with Crippen LogP contribution in [0.1, 0.15) is 22.8 Å². The lowest BCUT2D eigenvalue weighted by Crippen LogP contribution is -2.05. The van der Waals surface area contributed by atoms with Gasteiger partial charge in [-0.2, -0.15) is 0 Å². The second-order valence-corrected chi connectivity index (χ2v) is 5.36. The first-order chi connectivity index (χ1) is 9.67. The van der Waals surface area contributed by atoms with Crippen LogP contribution in [0.5, 0.6) is 0 Å². The summed E-state index contributed by atoms with van der Waals surface area (Å²) < 4.78 is 7.46. The molecule has 2 heterocycles. The van der Waals surface area contributed by atoms with E-state index in [1.807, 2.05) is 13.0 Å².